The van der Waals surface area contributed by atoms with Gasteiger partial charge < -0.3 is 10.6 Å². The smallest absolute Gasteiger partial charge is 0.191 e. The van der Waals surface area contributed by atoms with Crippen molar-refractivity contribution >= 4 is 39.8 Å². The fourth-order valence-corrected chi connectivity index (χ4v) is 2.76. The van der Waals surface area contributed by atoms with Crippen LogP contribution in [0, 0.1) is 11.6 Å². The molecule has 0 fully saturated rings. The third kappa shape index (κ3) is 7.85. The number of sulfone groups is 1. The molecule has 0 saturated heterocycles. The Balaban J connectivity index is 0.00000576. The molecule has 0 aliphatic rings. The topological polar surface area (TPSA) is 70.6 Å². The largest absolute Gasteiger partial charge is 0.357 e. The molecule has 1 aromatic carbocycles. The summed E-state index contributed by atoms with van der Waals surface area (Å²) in [6, 6.07) is 3.19. The Morgan fingerprint density at radius 3 is 2.40 bits per heavy atom. The summed E-state index contributed by atoms with van der Waals surface area (Å²) in [5.74, 6) is -0.762. The highest BCUT2D eigenvalue weighted by Crippen LogP contribution is 2.15. The zero-order valence-corrected chi connectivity index (χ0v) is 18.0. The van der Waals surface area contributed by atoms with Crippen LogP contribution in [0.15, 0.2) is 23.2 Å². The van der Waals surface area contributed by atoms with Crippen molar-refractivity contribution in [1.82, 2.24) is 10.6 Å². The van der Waals surface area contributed by atoms with Gasteiger partial charge >= 0.3 is 0 Å². The Bertz CT molecular complexity index is 689. The molecule has 5 nitrogen and oxygen atoms in total. The van der Waals surface area contributed by atoms with Gasteiger partial charge in [0, 0.05) is 18.7 Å². The van der Waals surface area contributed by atoms with Crippen molar-refractivity contribution in [2.45, 2.75) is 39.0 Å². The minimum Gasteiger partial charge on any atom is -0.357 e. The van der Waals surface area contributed by atoms with Crippen molar-refractivity contribution in [2.75, 3.05) is 18.8 Å². The number of nitrogens with zero attached hydrogens (tertiary/aromatic N) is 1. The summed E-state index contributed by atoms with van der Waals surface area (Å²) in [6.07, 6.45) is 0. The van der Waals surface area contributed by atoms with Gasteiger partial charge in [0.25, 0.3) is 0 Å². The Hall–Kier alpha value is -0.970. The average Bonchev–Trinajstić information content (AvgIpc) is 2.46. The van der Waals surface area contributed by atoms with Crippen LogP contribution in [0.3, 0.4) is 0 Å². The van der Waals surface area contributed by atoms with Crippen LogP contribution in [0.1, 0.15) is 33.3 Å². The number of aliphatic imine (C=N–C) groups is 1. The standard InChI is InChI=1S/C16H25F2N3O2S.HI/c1-5-19-15(20-8-9-24(22,23)16(2,3)4)21-11-12-10-13(17)6-7-14(12)18;/h6-7,10H,5,8-9,11H2,1-4H3,(H2,19,20,21);1H. The monoisotopic (exact) mass is 489 g/mol. The van der Waals surface area contributed by atoms with Gasteiger partial charge in [0.1, 0.15) is 11.6 Å². The summed E-state index contributed by atoms with van der Waals surface area (Å²) in [7, 11) is -3.24. The molecule has 25 heavy (non-hydrogen) atoms. The van der Waals surface area contributed by atoms with Gasteiger partial charge in [-0.3, -0.25) is 0 Å². The van der Waals surface area contributed by atoms with Gasteiger partial charge in [0.15, 0.2) is 15.8 Å². The highest BCUT2D eigenvalue weighted by Gasteiger charge is 2.28. The van der Waals surface area contributed by atoms with Gasteiger partial charge in [-0.05, 0) is 45.9 Å². The molecule has 0 unspecified atom stereocenters. The number of halogens is 3. The van der Waals surface area contributed by atoms with Crippen LogP contribution in [-0.2, 0) is 16.4 Å². The van der Waals surface area contributed by atoms with Crippen LogP contribution in [-0.4, -0.2) is 38.0 Å². The van der Waals surface area contributed by atoms with Crippen LogP contribution in [0.2, 0.25) is 0 Å². The first-order valence-electron chi connectivity index (χ1n) is 7.75. The molecule has 1 rings (SSSR count). The second kappa shape index (κ2) is 10.2. The number of hydrogen-bond acceptors (Lipinski definition) is 3. The van der Waals surface area contributed by atoms with E-state index in [0.717, 1.165) is 18.2 Å². The van der Waals surface area contributed by atoms with E-state index in [9.17, 15) is 17.2 Å². The molecule has 0 bridgehead atoms. The number of guanidine groups is 1. The Kier molecular flexibility index (Phi) is 9.85. The SMILES string of the molecule is CCNC(=NCc1cc(F)ccc1F)NCCS(=O)(=O)C(C)(C)C.I. The van der Waals surface area contributed by atoms with Crippen molar-refractivity contribution in [3.8, 4) is 0 Å². The maximum Gasteiger partial charge on any atom is 0.191 e. The molecular formula is C16H26F2IN3O2S. The van der Waals surface area contributed by atoms with Gasteiger partial charge in [-0.2, -0.15) is 0 Å². The van der Waals surface area contributed by atoms with Gasteiger partial charge in [-0.25, -0.2) is 22.2 Å². The van der Waals surface area contributed by atoms with Gasteiger partial charge in [-0.1, -0.05) is 0 Å². The summed E-state index contributed by atoms with van der Waals surface area (Å²) in [4.78, 5) is 4.16. The maximum absolute atomic E-state index is 13.6. The van der Waals surface area contributed by atoms with Crippen LogP contribution in [0.4, 0.5) is 8.78 Å². The lowest BCUT2D eigenvalue weighted by atomic mass is 10.2. The average molecular weight is 489 g/mol. The van der Waals surface area contributed by atoms with Crippen LogP contribution < -0.4 is 10.6 Å². The van der Waals surface area contributed by atoms with E-state index in [2.05, 4.69) is 15.6 Å². The lowest BCUT2D eigenvalue weighted by Crippen LogP contribution is -2.41. The van der Waals surface area contributed by atoms with Crippen LogP contribution in [0.25, 0.3) is 0 Å². The zero-order chi connectivity index (χ0) is 18.4. The van der Waals surface area contributed by atoms with Crippen molar-refractivity contribution < 1.29 is 17.2 Å². The Labute approximate surface area is 165 Å². The van der Waals surface area contributed by atoms with Gasteiger partial charge in [0.05, 0.1) is 17.0 Å². The number of hydrogen-bond donors (Lipinski definition) is 2. The predicted molar refractivity (Wildman–Crippen MR) is 108 cm³/mol. The second-order valence-corrected chi connectivity index (χ2v) is 9.15. The fraction of sp³-hybridized carbons (Fsp3) is 0.562. The normalized spacial score (nSPS) is 12.5. The van der Waals surface area contributed by atoms with Gasteiger partial charge in [0.2, 0.25) is 0 Å². The highest BCUT2D eigenvalue weighted by molar-refractivity contribution is 14.0. The predicted octanol–water partition coefficient (Wildman–Crippen LogP) is 2.85. The van der Waals surface area contributed by atoms with E-state index < -0.39 is 26.2 Å². The third-order valence-corrected chi connectivity index (χ3v) is 5.96. The minimum absolute atomic E-state index is 0. The quantitative estimate of drug-likeness (QED) is 0.367. The van der Waals surface area contributed by atoms with Crippen molar-refractivity contribution in [1.29, 1.82) is 0 Å². The molecule has 0 saturated carbocycles. The fourth-order valence-electron chi connectivity index (χ4n) is 1.78. The van der Waals surface area contributed by atoms with Crippen molar-refractivity contribution in [3.05, 3.63) is 35.4 Å². The first kappa shape index (κ1) is 24.0. The highest BCUT2D eigenvalue weighted by atomic mass is 127. The lowest BCUT2D eigenvalue weighted by Gasteiger charge is -2.19. The molecule has 144 valence electrons. The number of nitrogens with one attached hydrogen (secondary N) is 2. The number of benzene rings is 1. The van der Waals surface area contributed by atoms with Crippen LogP contribution in [0.5, 0.6) is 0 Å². The van der Waals surface area contributed by atoms with E-state index in [-0.39, 0.29) is 48.4 Å². The Morgan fingerprint density at radius 2 is 1.84 bits per heavy atom. The second-order valence-electron chi connectivity index (χ2n) is 6.29. The molecule has 0 heterocycles. The van der Waals surface area contributed by atoms with Crippen molar-refractivity contribution in [2.24, 2.45) is 4.99 Å². The molecular weight excluding hydrogens is 463 g/mol. The van der Waals surface area contributed by atoms with E-state index in [0.29, 0.717) is 12.5 Å². The molecule has 0 amide bonds. The minimum atomic E-state index is -3.24. The third-order valence-electron chi connectivity index (χ3n) is 3.36. The molecule has 9 heteroatoms. The Morgan fingerprint density at radius 1 is 1.20 bits per heavy atom. The van der Waals surface area contributed by atoms with Crippen molar-refractivity contribution in [3.63, 3.8) is 0 Å². The summed E-state index contributed by atoms with van der Waals surface area (Å²) in [6.45, 7) is 7.48. The zero-order valence-electron chi connectivity index (χ0n) is 14.9. The summed E-state index contributed by atoms with van der Waals surface area (Å²) >= 11 is 0. The van der Waals surface area contributed by atoms with Crippen LogP contribution >= 0.6 is 24.0 Å². The van der Waals surface area contributed by atoms with E-state index in [1.807, 2.05) is 6.92 Å². The summed E-state index contributed by atoms with van der Waals surface area (Å²) in [5.41, 5.74) is 0.134. The molecule has 0 spiro atoms. The summed E-state index contributed by atoms with van der Waals surface area (Å²) < 4.78 is 50.0. The van der Waals surface area contributed by atoms with E-state index in [4.69, 9.17) is 0 Å². The lowest BCUT2D eigenvalue weighted by molar-refractivity contribution is 0.559. The molecule has 1 aromatic rings. The first-order chi connectivity index (χ1) is 11.1. The molecule has 0 radical (unpaired) electrons. The first-order valence-corrected chi connectivity index (χ1v) is 9.40. The molecule has 0 aliphatic heterocycles. The molecule has 0 atom stereocenters. The molecule has 0 aliphatic carbocycles. The summed E-state index contributed by atoms with van der Waals surface area (Å²) in [5, 5.41) is 5.84. The van der Waals surface area contributed by atoms with Gasteiger partial charge in [-0.15, -0.1) is 24.0 Å². The van der Waals surface area contributed by atoms with E-state index in [1.165, 1.54) is 0 Å². The molecule has 0 aromatic heterocycles. The molecule has 2 N–H and O–H groups in total. The van der Waals surface area contributed by atoms with E-state index in [1.54, 1.807) is 20.8 Å². The maximum atomic E-state index is 13.6. The number of rotatable bonds is 6. The van der Waals surface area contributed by atoms with E-state index >= 15 is 0 Å².